The Morgan fingerprint density at radius 1 is 0.909 bits per heavy atom. The van der Waals surface area contributed by atoms with Crippen molar-refractivity contribution in [1.82, 2.24) is 4.98 Å². The molecule has 0 radical (unpaired) electrons. The summed E-state index contributed by atoms with van der Waals surface area (Å²) < 4.78 is 18.6. The Morgan fingerprint density at radius 2 is 1.55 bits per heavy atom. The summed E-state index contributed by atoms with van der Waals surface area (Å²) in [5.41, 5.74) is 2.09. The fraction of sp³-hybridized carbons (Fsp3) is 0.118. The lowest BCUT2D eigenvalue weighted by Crippen LogP contribution is -2.16. The summed E-state index contributed by atoms with van der Waals surface area (Å²) >= 11 is 0. The fourth-order valence-electron chi connectivity index (χ4n) is 2.75. The zero-order valence-electron chi connectivity index (χ0n) is 11.4. The van der Waals surface area contributed by atoms with Crippen LogP contribution in [0.1, 0.15) is 34.8 Å². The van der Waals surface area contributed by atoms with Gasteiger partial charge in [0.1, 0.15) is 23.7 Å². The van der Waals surface area contributed by atoms with Crippen molar-refractivity contribution in [2.24, 2.45) is 0 Å². The van der Waals surface area contributed by atoms with Crippen molar-refractivity contribution in [3.63, 3.8) is 0 Å². The van der Waals surface area contributed by atoms with Gasteiger partial charge in [-0.2, -0.15) is 0 Å². The topological polar surface area (TPSA) is 66.5 Å². The van der Waals surface area contributed by atoms with Crippen molar-refractivity contribution < 1.29 is 19.0 Å². The SMILES string of the molecule is OC1c2ccccc2C(O)c2oc(-c3ccc(F)cc3)nc21. The van der Waals surface area contributed by atoms with E-state index in [1.54, 1.807) is 36.4 Å². The van der Waals surface area contributed by atoms with E-state index in [0.717, 1.165) is 0 Å². The van der Waals surface area contributed by atoms with Gasteiger partial charge in [0, 0.05) is 5.56 Å². The van der Waals surface area contributed by atoms with Crippen LogP contribution in [0.15, 0.2) is 52.9 Å². The second kappa shape index (κ2) is 4.76. The number of fused-ring (bicyclic) bond motifs is 2. The largest absolute Gasteiger partial charge is 0.438 e. The molecular formula is C17H12FNO3. The molecule has 2 N–H and O–H groups in total. The standard InChI is InChI=1S/C17H12FNO3/c18-10-7-5-9(6-8-10)17-19-13-14(20)11-3-1-2-4-12(11)15(21)16(13)22-17/h1-8,14-15,20-21H. The van der Waals surface area contributed by atoms with E-state index in [0.29, 0.717) is 22.4 Å². The maximum atomic E-state index is 13.0. The van der Waals surface area contributed by atoms with E-state index in [1.807, 2.05) is 0 Å². The van der Waals surface area contributed by atoms with Gasteiger partial charge in [0.05, 0.1) is 0 Å². The Bertz CT molecular complexity index is 795. The highest BCUT2D eigenvalue weighted by Gasteiger charge is 2.35. The zero-order chi connectivity index (χ0) is 15.3. The minimum Gasteiger partial charge on any atom is -0.438 e. The van der Waals surface area contributed by atoms with Crippen LogP contribution in [0.5, 0.6) is 0 Å². The van der Waals surface area contributed by atoms with Crippen LogP contribution in [0.2, 0.25) is 0 Å². The third-order valence-corrected chi connectivity index (χ3v) is 3.86. The normalized spacial score (nSPS) is 19.6. The van der Waals surface area contributed by atoms with Gasteiger partial charge in [-0.15, -0.1) is 0 Å². The van der Waals surface area contributed by atoms with Crippen LogP contribution in [0.25, 0.3) is 11.5 Å². The van der Waals surface area contributed by atoms with Gasteiger partial charge in [-0.3, -0.25) is 0 Å². The number of rotatable bonds is 1. The summed E-state index contributed by atoms with van der Waals surface area (Å²) in [6.45, 7) is 0. The number of nitrogens with zero attached hydrogens (tertiary/aromatic N) is 1. The number of oxazole rings is 1. The van der Waals surface area contributed by atoms with Crippen LogP contribution in [-0.2, 0) is 0 Å². The lowest BCUT2D eigenvalue weighted by Gasteiger charge is -2.23. The molecule has 0 saturated heterocycles. The lowest BCUT2D eigenvalue weighted by molar-refractivity contribution is 0.151. The van der Waals surface area contributed by atoms with Gasteiger partial charge in [-0.05, 0) is 35.4 Å². The van der Waals surface area contributed by atoms with Crippen molar-refractivity contribution in [1.29, 1.82) is 0 Å². The van der Waals surface area contributed by atoms with Crippen molar-refractivity contribution >= 4 is 0 Å². The van der Waals surface area contributed by atoms with E-state index in [9.17, 15) is 14.6 Å². The first kappa shape index (κ1) is 13.2. The molecule has 1 aliphatic carbocycles. The van der Waals surface area contributed by atoms with Crippen LogP contribution < -0.4 is 0 Å². The predicted octanol–water partition coefficient (Wildman–Crippen LogP) is 2.96. The van der Waals surface area contributed by atoms with E-state index in [1.165, 1.54) is 12.1 Å². The molecule has 4 nitrogen and oxygen atoms in total. The molecule has 0 aliphatic heterocycles. The number of hydrogen-bond donors (Lipinski definition) is 2. The molecule has 4 rings (SSSR count). The molecule has 1 aromatic heterocycles. The highest BCUT2D eigenvalue weighted by atomic mass is 19.1. The molecule has 0 spiro atoms. The fourth-order valence-corrected chi connectivity index (χ4v) is 2.75. The van der Waals surface area contributed by atoms with Crippen LogP contribution in [0, 0.1) is 5.82 Å². The number of halogens is 1. The summed E-state index contributed by atoms with van der Waals surface area (Å²) in [6, 6.07) is 12.8. The molecule has 0 amide bonds. The molecule has 0 bridgehead atoms. The van der Waals surface area contributed by atoms with Crippen molar-refractivity contribution in [2.45, 2.75) is 12.2 Å². The monoisotopic (exact) mass is 297 g/mol. The Morgan fingerprint density at radius 3 is 2.23 bits per heavy atom. The van der Waals surface area contributed by atoms with Crippen LogP contribution >= 0.6 is 0 Å². The average Bonchev–Trinajstić information content (AvgIpc) is 2.99. The molecule has 2 atom stereocenters. The number of benzene rings is 2. The van der Waals surface area contributed by atoms with Crippen molar-refractivity contribution in [3.05, 3.63) is 76.9 Å². The minimum atomic E-state index is -0.976. The molecule has 22 heavy (non-hydrogen) atoms. The molecule has 3 aromatic rings. The van der Waals surface area contributed by atoms with E-state index in [2.05, 4.69) is 4.98 Å². The highest BCUT2D eigenvalue weighted by molar-refractivity contribution is 5.55. The third kappa shape index (κ3) is 1.87. The van der Waals surface area contributed by atoms with Gasteiger partial charge >= 0.3 is 0 Å². The summed E-state index contributed by atoms with van der Waals surface area (Å²) in [5.74, 6) is 0.119. The maximum Gasteiger partial charge on any atom is 0.226 e. The Kier molecular flexibility index (Phi) is 2.85. The van der Waals surface area contributed by atoms with E-state index >= 15 is 0 Å². The van der Waals surface area contributed by atoms with Gasteiger partial charge in [-0.1, -0.05) is 24.3 Å². The zero-order valence-corrected chi connectivity index (χ0v) is 11.4. The van der Waals surface area contributed by atoms with Crippen LogP contribution in [0.4, 0.5) is 4.39 Å². The smallest absolute Gasteiger partial charge is 0.226 e. The Labute approximate surface area is 125 Å². The molecule has 5 heteroatoms. The molecule has 1 heterocycles. The summed E-state index contributed by atoms with van der Waals surface area (Å²) in [7, 11) is 0. The van der Waals surface area contributed by atoms with Gasteiger partial charge in [0.25, 0.3) is 0 Å². The predicted molar refractivity (Wildman–Crippen MR) is 76.5 cm³/mol. The van der Waals surface area contributed by atoms with E-state index in [4.69, 9.17) is 4.42 Å². The van der Waals surface area contributed by atoms with Crippen molar-refractivity contribution in [2.75, 3.05) is 0 Å². The molecular weight excluding hydrogens is 285 g/mol. The molecule has 1 aliphatic rings. The maximum absolute atomic E-state index is 13.0. The van der Waals surface area contributed by atoms with Crippen molar-refractivity contribution in [3.8, 4) is 11.5 Å². The highest BCUT2D eigenvalue weighted by Crippen LogP contribution is 2.42. The van der Waals surface area contributed by atoms with E-state index in [-0.39, 0.29) is 17.5 Å². The van der Waals surface area contributed by atoms with Gasteiger partial charge in [0.2, 0.25) is 5.89 Å². The molecule has 110 valence electrons. The first-order valence-electron chi connectivity index (χ1n) is 6.86. The van der Waals surface area contributed by atoms with Crippen LogP contribution in [-0.4, -0.2) is 15.2 Å². The van der Waals surface area contributed by atoms with Gasteiger partial charge < -0.3 is 14.6 Å². The Balaban J connectivity index is 1.84. The lowest BCUT2D eigenvalue weighted by atomic mass is 9.88. The summed E-state index contributed by atoms with van der Waals surface area (Å²) in [4.78, 5) is 4.28. The number of hydrogen-bond acceptors (Lipinski definition) is 4. The summed E-state index contributed by atoms with van der Waals surface area (Å²) in [5, 5.41) is 20.9. The average molecular weight is 297 g/mol. The minimum absolute atomic E-state index is 0.227. The van der Waals surface area contributed by atoms with Crippen LogP contribution in [0.3, 0.4) is 0 Å². The van der Waals surface area contributed by atoms with E-state index < -0.39 is 12.2 Å². The first-order chi connectivity index (χ1) is 10.6. The third-order valence-electron chi connectivity index (χ3n) is 3.86. The molecule has 0 saturated carbocycles. The summed E-state index contributed by atoms with van der Waals surface area (Å²) in [6.07, 6.45) is -1.93. The first-order valence-corrected chi connectivity index (χ1v) is 6.86. The molecule has 2 unspecified atom stereocenters. The number of aliphatic hydroxyl groups excluding tert-OH is 2. The molecule has 0 fully saturated rings. The second-order valence-corrected chi connectivity index (χ2v) is 5.21. The van der Waals surface area contributed by atoms with Gasteiger partial charge in [0.15, 0.2) is 5.76 Å². The Hall–Kier alpha value is -2.50. The molecule has 2 aromatic carbocycles. The number of aliphatic hydroxyl groups is 2. The number of aromatic nitrogens is 1. The quantitative estimate of drug-likeness (QED) is 0.724. The second-order valence-electron chi connectivity index (χ2n) is 5.21. The van der Waals surface area contributed by atoms with Gasteiger partial charge in [-0.25, -0.2) is 9.37 Å².